The molecule has 0 spiro atoms. The molecule has 0 radical (unpaired) electrons. The molecule has 1 aromatic carbocycles. The molecule has 1 aromatic rings. The highest BCUT2D eigenvalue weighted by Gasteiger charge is 2.19. The first-order chi connectivity index (χ1) is 8.03. The van der Waals surface area contributed by atoms with Crippen molar-refractivity contribution in [2.45, 2.75) is 38.1 Å². The fourth-order valence-corrected chi connectivity index (χ4v) is 1.82. The van der Waals surface area contributed by atoms with Gasteiger partial charge in [0.25, 0.3) is 5.97 Å². The quantitative estimate of drug-likeness (QED) is 0.433. The highest BCUT2D eigenvalue weighted by molar-refractivity contribution is 5.98. The topological polar surface area (TPSA) is 49.7 Å². The molecule has 96 valence electrons. The number of rotatable bonds is 7. The van der Waals surface area contributed by atoms with E-state index in [1.807, 2.05) is 0 Å². The van der Waals surface area contributed by atoms with Crippen molar-refractivity contribution in [2.75, 3.05) is 0 Å². The summed E-state index contributed by atoms with van der Waals surface area (Å²) in [6.07, 6.45) is 3.66. The van der Waals surface area contributed by atoms with Crippen LogP contribution in [-0.2, 0) is 10.8 Å². The predicted molar refractivity (Wildman–Crippen MR) is 66.8 cm³/mol. The first kappa shape index (κ1) is 14.3. The molecular formula is C12H19FO3Si. The minimum Gasteiger partial charge on any atom is -0.381 e. The Morgan fingerprint density at radius 1 is 1.12 bits per heavy atom. The van der Waals surface area contributed by atoms with E-state index in [-0.39, 0.29) is 12.2 Å². The standard InChI is InChI=1S/C12H19FO3Si/c13-11-7-5-10(6-8-11)4-2-1-3-9-12(14,15)16-17/h5-8,14-15H,1-4,9H2,17H3. The van der Waals surface area contributed by atoms with Crippen molar-refractivity contribution in [3.63, 3.8) is 0 Å². The SMILES string of the molecule is OC(O)(CCCCCc1ccc(F)cc1)O[SiH3]. The van der Waals surface area contributed by atoms with Crippen LogP contribution in [0.3, 0.4) is 0 Å². The normalized spacial score (nSPS) is 11.9. The van der Waals surface area contributed by atoms with Gasteiger partial charge >= 0.3 is 0 Å². The lowest BCUT2D eigenvalue weighted by Gasteiger charge is -2.19. The minimum atomic E-state index is -1.94. The van der Waals surface area contributed by atoms with Gasteiger partial charge in [-0.1, -0.05) is 18.6 Å². The van der Waals surface area contributed by atoms with Gasteiger partial charge in [0.15, 0.2) is 10.5 Å². The monoisotopic (exact) mass is 258 g/mol. The van der Waals surface area contributed by atoms with Crippen molar-refractivity contribution in [3.8, 4) is 0 Å². The lowest BCUT2D eigenvalue weighted by molar-refractivity contribution is -0.295. The molecule has 0 aliphatic rings. The first-order valence-electron chi connectivity index (χ1n) is 5.78. The number of aryl methyl sites for hydroxylation is 1. The van der Waals surface area contributed by atoms with Gasteiger partial charge in [0.1, 0.15) is 5.82 Å². The van der Waals surface area contributed by atoms with Crippen LogP contribution in [0, 0.1) is 5.82 Å². The summed E-state index contributed by atoms with van der Waals surface area (Å²) in [6, 6.07) is 6.46. The zero-order valence-electron chi connectivity index (χ0n) is 10.0. The Kier molecular flexibility index (Phi) is 5.77. The van der Waals surface area contributed by atoms with Crippen LogP contribution in [0.1, 0.15) is 31.2 Å². The number of hydrogen-bond acceptors (Lipinski definition) is 3. The molecule has 0 aliphatic carbocycles. The third kappa shape index (κ3) is 5.93. The molecule has 0 heterocycles. The van der Waals surface area contributed by atoms with E-state index >= 15 is 0 Å². The van der Waals surface area contributed by atoms with Gasteiger partial charge in [-0.15, -0.1) is 0 Å². The lowest BCUT2D eigenvalue weighted by atomic mass is 10.1. The van der Waals surface area contributed by atoms with Crippen LogP contribution in [0.5, 0.6) is 0 Å². The summed E-state index contributed by atoms with van der Waals surface area (Å²) in [7, 11) is 0.310. The fourth-order valence-electron chi connectivity index (χ4n) is 1.61. The molecule has 1 rings (SSSR count). The zero-order chi connectivity index (χ0) is 12.7. The fraction of sp³-hybridized carbons (Fsp3) is 0.500. The number of benzene rings is 1. The Balaban J connectivity index is 2.14. The van der Waals surface area contributed by atoms with E-state index in [9.17, 15) is 14.6 Å². The highest BCUT2D eigenvalue weighted by Crippen LogP contribution is 2.14. The molecule has 0 fully saturated rings. The van der Waals surface area contributed by atoms with Crippen molar-refractivity contribution < 1.29 is 19.0 Å². The summed E-state index contributed by atoms with van der Waals surface area (Å²) in [6.45, 7) is 0. The van der Waals surface area contributed by atoms with Crippen LogP contribution in [0.15, 0.2) is 24.3 Å². The van der Waals surface area contributed by atoms with Crippen molar-refractivity contribution in [2.24, 2.45) is 0 Å². The van der Waals surface area contributed by atoms with Crippen LogP contribution in [0.4, 0.5) is 4.39 Å². The smallest absolute Gasteiger partial charge is 0.267 e. The molecule has 0 saturated heterocycles. The van der Waals surface area contributed by atoms with Crippen LogP contribution >= 0.6 is 0 Å². The molecule has 0 unspecified atom stereocenters. The second-order valence-corrected chi connectivity index (χ2v) is 4.54. The largest absolute Gasteiger partial charge is 0.381 e. The Morgan fingerprint density at radius 2 is 1.76 bits per heavy atom. The summed E-state index contributed by atoms with van der Waals surface area (Å²) in [5.74, 6) is -2.16. The van der Waals surface area contributed by atoms with Gasteiger partial charge in [0.2, 0.25) is 0 Å². The van der Waals surface area contributed by atoms with E-state index in [1.54, 1.807) is 12.1 Å². The maximum Gasteiger partial charge on any atom is 0.267 e. The van der Waals surface area contributed by atoms with Gasteiger partial charge in [-0.05, 0) is 37.0 Å². The molecule has 0 atom stereocenters. The maximum atomic E-state index is 12.6. The summed E-state index contributed by atoms with van der Waals surface area (Å²) in [5, 5.41) is 18.4. The lowest BCUT2D eigenvalue weighted by Crippen LogP contribution is -2.30. The number of unbranched alkanes of at least 4 members (excludes halogenated alkanes) is 2. The Hall–Kier alpha value is -0.753. The average molecular weight is 258 g/mol. The van der Waals surface area contributed by atoms with Crippen molar-refractivity contribution in [1.82, 2.24) is 0 Å². The second kappa shape index (κ2) is 6.86. The van der Waals surface area contributed by atoms with Crippen LogP contribution in [-0.4, -0.2) is 26.7 Å². The summed E-state index contributed by atoms with van der Waals surface area (Å²) in [5.41, 5.74) is 1.10. The predicted octanol–water partition coefficient (Wildman–Crippen LogP) is 0.864. The zero-order valence-corrected chi connectivity index (χ0v) is 12.0. The van der Waals surface area contributed by atoms with E-state index in [2.05, 4.69) is 4.43 Å². The summed E-state index contributed by atoms with van der Waals surface area (Å²) < 4.78 is 17.3. The number of halogens is 1. The molecular weight excluding hydrogens is 239 g/mol. The maximum absolute atomic E-state index is 12.6. The Labute approximate surface area is 104 Å². The van der Waals surface area contributed by atoms with E-state index in [4.69, 9.17) is 0 Å². The van der Waals surface area contributed by atoms with Gasteiger partial charge in [-0.2, -0.15) is 0 Å². The second-order valence-electron chi connectivity index (χ2n) is 4.13. The molecule has 0 amide bonds. The van der Waals surface area contributed by atoms with Crippen molar-refractivity contribution in [3.05, 3.63) is 35.6 Å². The van der Waals surface area contributed by atoms with E-state index in [0.29, 0.717) is 16.9 Å². The third-order valence-corrected chi connectivity index (χ3v) is 3.36. The number of aliphatic hydroxyl groups is 2. The third-order valence-electron chi connectivity index (χ3n) is 2.71. The molecule has 3 nitrogen and oxygen atoms in total. The van der Waals surface area contributed by atoms with Gasteiger partial charge in [-0.25, -0.2) is 4.39 Å². The van der Waals surface area contributed by atoms with Gasteiger partial charge < -0.3 is 14.6 Å². The van der Waals surface area contributed by atoms with Crippen LogP contribution < -0.4 is 0 Å². The molecule has 2 N–H and O–H groups in total. The molecule has 5 heteroatoms. The molecule has 0 saturated carbocycles. The number of hydrogen-bond donors (Lipinski definition) is 2. The highest BCUT2D eigenvalue weighted by atomic mass is 28.2. The van der Waals surface area contributed by atoms with E-state index in [1.165, 1.54) is 12.1 Å². The van der Waals surface area contributed by atoms with Crippen LogP contribution in [0.25, 0.3) is 0 Å². The first-order valence-corrected chi connectivity index (χ1v) is 6.59. The Bertz CT molecular complexity index is 327. The van der Waals surface area contributed by atoms with Gasteiger partial charge in [0, 0.05) is 6.42 Å². The van der Waals surface area contributed by atoms with Gasteiger partial charge in [-0.3, -0.25) is 0 Å². The Morgan fingerprint density at radius 3 is 2.35 bits per heavy atom. The molecule has 0 aromatic heterocycles. The van der Waals surface area contributed by atoms with E-state index in [0.717, 1.165) is 24.8 Å². The molecule has 17 heavy (non-hydrogen) atoms. The van der Waals surface area contributed by atoms with Crippen molar-refractivity contribution in [1.29, 1.82) is 0 Å². The van der Waals surface area contributed by atoms with E-state index < -0.39 is 5.97 Å². The minimum absolute atomic E-state index is 0.219. The summed E-state index contributed by atoms with van der Waals surface area (Å²) >= 11 is 0. The molecule has 0 aliphatic heterocycles. The average Bonchev–Trinajstić information content (AvgIpc) is 2.31. The van der Waals surface area contributed by atoms with Crippen LogP contribution in [0.2, 0.25) is 0 Å². The summed E-state index contributed by atoms with van der Waals surface area (Å²) in [4.78, 5) is 0. The molecule has 0 bridgehead atoms. The van der Waals surface area contributed by atoms with Crippen molar-refractivity contribution >= 4 is 10.5 Å². The van der Waals surface area contributed by atoms with Gasteiger partial charge in [0.05, 0.1) is 0 Å².